The molecule has 107 heavy (non-hydrogen) atoms. The lowest BCUT2D eigenvalue weighted by Gasteiger charge is -2.22. The molecule has 1 saturated heterocycles. The highest BCUT2D eigenvalue weighted by molar-refractivity contribution is 5.92. The van der Waals surface area contributed by atoms with Gasteiger partial charge in [-0.1, -0.05) is 109 Å². The molecular weight excluding hydrogens is 1410 g/mol. The van der Waals surface area contributed by atoms with Crippen LogP contribution in [0.5, 0.6) is 0 Å². The summed E-state index contributed by atoms with van der Waals surface area (Å²) in [5.74, 6) is -4.32. The highest BCUT2D eigenvalue weighted by Gasteiger charge is 2.43. The van der Waals surface area contributed by atoms with Gasteiger partial charge in [-0.2, -0.15) is 0 Å². The molecule has 0 bridgehead atoms. The molecule has 2 aromatic rings. The van der Waals surface area contributed by atoms with Crippen LogP contribution < -0.4 is 10.6 Å². The van der Waals surface area contributed by atoms with E-state index in [-0.39, 0.29) is 120 Å². The Morgan fingerprint density at radius 3 is 1.35 bits per heavy atom. The smallest absolute Gasteiger partial charge is 0.314 e. The average Bonchev–Trinajstić information content (AvgIpc) is 1.69. The molecule has 3 fully saturated rings. The lowest BCUT2D eigenvalue weighted by molar-refractivity contribution is -0.757. The number of aliphatic hydroxyl groups is 6. The zero-order valence-electron chi connectivity index (χ0n) is 61.3. The van der Waals surface area contributed by atoms with Crippen molar-refractivity contribution >= 4 is 47.6 Å². The summed E-state index contributed by atoms with van der Waals surface area (Å²) in [4.78, 5) is 130. The Morgan fingerprint density at radius 1 is 0.533 bits per heavy atom. The molecule has 0 radical (unpaired) electrons. The van der Waals surface area contributed by atoms with Gasteiger partial charge >= 0.3 is 35.8 Å². The Labute approximate surface area is 623 Å². The fourth-order valence-corrected chi connectivity index (χ4v) is 10.8. The fraction of sp³-hybridized carbons (Fsp3) is 0.622. The fourth-order valence-electron chi connectivity index (χ4n) is 10.8. The number of hydrogen-bond acceptors (Lipinski definition) is 27. The number of aliphatic hydroxyl groups excluding tert-OH is 6. The number of cyclic esters (lactones) is 2. The second-order valence-electron chi connectivity index (χ2n) is 24.9. The molecule has 10 atom stereocenters. The summed E-state index contributed by atoms with van der Waals surface area (Å²) in [5, 5.41) is 101. The minimum Gasteiger partial charge on any atom is -0.481 e. The molecule has 0 spiro atoms. The first kappa shape index (κ1) is 95.7. The number of benzene rings is 2. The summed E-state index contributed by atoms with van der Waals surface area (Å²) in [6.45, 7) is 5.23. The van der Waals surface area contributed by atoms with Gasteiger partial charge in [0, 0.05) is 57.2 Å². The van der Waals surface area contributed by atoms with E-state index < -0.39 is 87.7 Å². The van der Waals surface area contributed by atoms with E-state index in [2.05, 4.69) is 34.6 Å². The van der Waals surface area contributed by atoms with Crippen molar-refractivity contribution in [1.82, 2.24) is 10.6 Å². The Balaban J connectivity index is 0.000000782. The van der Waals surface area contributed by atoms with Crippen molar-refractivity contribution in [3.63, 3.8) is 0 Å². The number of nitrogens with zero attached hydrogens (tertiary/aromatic N) is 3. The van der Waals surface area contributed by atoms with Crippen LogP contribution in [0.25, 0.3) is 0 Å². The molecule has 5 rings (SSSR count). The molecule has 0 unspecified atom stereocenters. The third kappa shape index (κ3) is 51.6. The molecule has 0 aromatic heterocycles. The van der Waals surface area contributed by atoms with Crippen molar-refractivity contribution < 1.29 is 123 Å². The minimum absolute atomic E-state index is 0.0198. The predicted octanol–water partition coefficient (Wildman–Crippen LogP) is 7.36. The van der Waals surface area contributed by atoms with Crippen LogP contribution in [-0.2, 0) is 84.7 Å². The van der Waals surface area contributed by atoms with E-state index in [1.54, 1.807) is 12.2 Å². The Hall–Kier alpha value is -9.28. The number of hydrogen-bond donors (Lipinski definition) is 9. The van der Waals surface area contributed by atoms with E-state index in [0.717, 1.165) is 31.2 Å². The van der Waals surface area contributed by atoms with Gasteiger partial charge in [-0.05, 0) is 140 Å². The van der Waals surface area contributed by atoms with E-state index in [9.17, 15) is 94.2 Å². The summed E-state index contributed by atoms with van der Waals surface area (Å²) >= 11 is 0. The summed E-state index contributed by atoms with van der Waals surface area (Å²) in [5.41, 5.74) is 2.31. The predicted molar refractivity (Wildman–Crippen MR) is 385 cm³/mol. The van der Waals surface area contributed by atoms with Crippen LogP contribution in [0.3, 0.4) is 0 Å². The number of aryl methyl sites for hydroxylation is 2. The van der Waals surface area contributed by atoms with Gasteiger partial charge in [0.15, 0.2) is 0 Å². The van der Waals surface area contributed by atoms with Gasteiger partial charge in [0.2, 0.25) is 11.8 Å². The lowest BCUT2D eigenvalue weighted by Crippen LogP contribution is -2.25. The van der Waals surface area contributed by atoms with Gasteiger partial charge in [0.1, 0.15) is 6.10 Å². The highest BCUT2D eigenvalue weighted by Crippen LogP contribution is 2.39. The quantitative estimate of drug-likeness (QED) is 0.00594. The Morgan fingerprint density at radius 2 is 0.935 bits per heavy atom. The second kappa shape index (κ2) is 60.8. The molecule has 2 aromatic carbocycles. The van der Waals surface area contributed by atoms with Gasteiger partial charge < -0.3 is 79.8 Å². The molecule has 1 aliphatic heterocycles. The number of carboxylic acids is 1. The van der Waals surface area contributed by atoms with Crippen LogP contribution in [0.1, 0.15) is 179 Å². The molecular formula is C74H111N5O28. The average molecular weight is 1520 g/mol. The van der Waals surface area contributed by atoms with Crippen LogP contribution in [-0.4, -0.2) is 188 Å². The topological polar surface area (TPSA) is 496 Å². The molecule has 33 heteroatoms. The number of carbonyl (C=O) groups excluding carboxylic acids is 7. The number of allylic oxidation sites excluding steroid dienone is 4. The summed E-state index contributed by atoms with van der Waals surface area (Å²) in [6.07, 6.45) is 22.3. The van der Waals surface area contributed by atoms with Gasteiger partial charge in [-0.25, -0.2) is 0 Å². The summed E-state index contributed by atoms with van der Waals surface area (Å²) in [7, 11) is 0. The van der Waals surface area contributed by atoms with Gasteiger partial charge in [0.25, 0.3) is 15.3 Å². The maximum Gasteiger partial charge on any atom is 0.314 e. The first-order valence-corrected chi connectivity index (χ1v) is 36.4. The highest BCUT2D eigenvalue weighted by atomic mass is 17.0. The van der Waals surface area contributed by atoms with Gasteiger partial charge in [-0.15, -0.1) is 30.3 Å². The van der Waals surface area contributed by atoms with Crippen LogP contribution >= 0.6 is 0 Å². The standard InChI is InChI=1S/C33H48N2O10.C25H37NO4.C8H13NO7.C4H9NO4.C4H4O3/c1-2-34-31(38)15-9-4-3-8-14-27-28(19-18-26(36)17-16-25-12-6-5-7-13-25)30(24-29(27)37)45-33(40)21-20-32(39)43-22-10-11-23-44-35(41)42;1-2-26-25(30)13-9-4-3-8-12-21-22(24(29)18-23(21)28)17-16-20(27)15-14-19-10-6-5-7-11-19;10-7(11)3-4-8(12)15-5-1-2-6-16-9(13)14;6-3-1-2-4-9-5(7)8;5-3-1-2-4(6)7-3/h3,5-8,12-13,18-19,26-30,36-37H,2,4,9-11,14-17,20-24H2,1H3,(H,34,38);3,5-8,10-11,16-17,20-24,27-29H,2,4,9,12-15,18H2,1H3,(H,26,30);1-6H2,(H,10,11);6H,1-4H2;1-2H2/b8-3-,19-18+;8-3-,17-16+;;;/t26-,27+,28+,29-,30+;20-,21+,22+,23-,24+;;;/m00.../s1. The van der Waals surface area contributed by atoms with Crippen LogP contribution in [0.4, 0.5) is 0 Å². The van der Waals surface area contributed by atoms with E-state index in [1.165, 1.54) is 5.56 Å². The maximum absolute atomic E-state index is 12.7. The minimum atomic E-state index is -1.06. The largest absolute Gasteiger partial charge is 0.481 e. The van der Waals surface area contributed by atoms with Crippen molar-refractivity contribution in [1.29, 1.82) is 0 Å². The molecule has 9 N–H and O–H groups in total. The summed E-state index contributed by atoms with van der Waals surface area (Å²) < 4.78 is 19.5. The third-order valence-electron chi connectivity index (χ3n) is 16.4. The molecule has 33 nitrogen and oxygen atoms in total. The maximum atomic E-state index is 12.7. The number of esters is 5. The SMILES string of the molecule is CCNC(=O)CCC/C=C\C[C@@H]1[C@@H](/C=C/[C@@H](O)CCc2ccccc2)[C@H](O)C[C@@H]1O.CCNC(=O)CCC/C=C\C[C@@H]1[C@@H](/C=C/[C@@H](O)CCc2ccccc2)[C@H](OC(=O)CCC(=O)OCCCCO[N+](=O)[O-])C[C@@H]1O.O=C(O)CCC(=O)OCCCCO[N+](=O)[O-].O=C1CCC(=O)O1.O=[N+]([O-])OCCCCO. The number of carbonyl (C=O) groups is 8. The van der Waals surface area contributed by atoms with Crippen molar-refractivity contribution in [2.45, 2.75) is 217 Å². The Bertz CT molecular complexity index is 2980. The Kier molecular flexibility index (Phi) is 54.4. The lowest BCUT2D eigenvalue weighted by atomic mass is 9.89. The number of unbranched alkanes of at least 4 members (excludes halogenated alkanes) is 5. The van der Waals surface area contributed by atoms with E-state index in [4.69, 9.17) is 19.7 Å². The van der Waals surface area contributed by atoms with Gasteiger partial charge in [0.05, 0.1) is 102 Å². The van der Waals surface area contributed by atoms with E-state index in [1.807, 2.05) is 111 Å². The zero-order chi connectivity index (χ0) is 79.4. The van der Waals surface area contributed by atoms with Crippen LogP contribution in [0.15, 0.2) is 109 Å². The number of ether oxygens (including phenoxy) is 4. The van der Waals surface area contributed by atoms with Crippen LogP contribution in [0, 0.1) is 54.0 Å². The number of nitrogens with one attached hydrogen (secondary N) is 2. The number of amides is 2. The third-order valence-corrected chi connectivity index (χ3v) is 16.4. The molecule has 3 aliphatic rings. The van der Waals surface area contributed by atoms with E-state index in [0.29, 0.717) is 109 Å². The zero-order valence-corrected chi connectivity index (χ0v) is 61.3. The monoisotopic (exact) mass is 1520 g/mol. The first-order valence-electron chi connectivity index (χ1n) is 36.4. The van der Waals surface area contributed by atoms with Crippen LogP contribution in [0.2, 0.25) is 0 Å². The van der Waals surface area contributed by atoms with Gasteiger partial charge in [-0.3, -0.25) is 38.4 Å². The molecule has 2 aliphatic carbocycles. The van der Waals surface area contributed by atoms with Crippen molar-refractivity contribution in [3.8, 4) is 0 Å². The van der Waals surface area contributed by atoms with Crippen molar-refractivity contribution in [2.24, 2.45) is 23.7 Å². The second-order valence-corrected chi connectivity index (χ2v) is 24.9. The first-order chi connectivity index (χ1) is 51.3. The summed E-state index contributed by atoms with van der Waals surface area (Å²) in [6, 6.07) is 19.9. The number of rotatable bonds is 48. The van der Waals surface area contributed by atoms with E-state index >= 15 is 0 Å². The molecule has 2 amide bonds. The normalized spacial score (nSPS) is 19.1. The molecule has 2 saturated carbocycles. The molecule has 1 heterocycles. The van der Waals surface area contributed by atoms with Crippen molar-refractivity contribution in [3.05, 3.63) is 151 Å². The molecule has 600 valence electrons. The number of carboxylic acid groups (broad SMARTS) is 1. The number of aliphatic carboxylic acids is 1. The van der Waals surface area contributed by atoms with Crippen molar-refractivity contribution in [2.75, 3.05) is 52.7 Å².